The van der Waals surface area contributed by atoms with Gasteiger partial charge in [0.25, 0.3) is 0 Å². The highest BCUT2D eigenvalue weighted by atomic mass is 32.1. The normalized spacial score (nSPS) is 10.9. The molecule has 0 spiro atoms. The molecule has 0 aliphatic heterocycles. The van der Waals surface area contributed by atoms with Gasteiger partial charge in [0, 0.05) is 23.0 Å². The molecule has 9 heteroatoms. The Kier molecular flexibility index (Phi) is 6.15. The molecule has 0 aliphatic rings. The van der Waals surface area contributed by atoms with Crippen LogP contribution in [0.1, 0.15) is 0 Å². The van der Waals surface area contributed by atoms with Gasteiger partial charge in [-0.05, 0) is 48.5 Å². The van der Waals surface area contributed by atoms with E-state index >= 15 is 0 Å². The van der Waals surface area contributed by atoms with E-state index < -0.39 is 0 Å². The van der Waals surface area contributed by atoms with E-state index in [-0.39, 0.29) is 0 Å². The topological polar surface area (TPSA) is 79.7 Å². The van der Waals surface area contributed by atoms with E-state index in [4.69, 9.17) is 23.9 Å². The van der Waals surface area contributed by atoms with E-state index in [1.165, 1.54) is 0 Å². The highest BCUT2D eigenvalue weighted by molar-refractivity contribution is 7.22. The van der Waals surface area contributed by atoms with Gasteiger partial charge in [0.1, 0.15) is 27.6 Å². The van der Waals surface area contributed by atoms with Crippen molar-refractivity contribution >= 4 is 33.1 Å². The first-order chi connectivity index (χ1) is 17.1. The van der Waals surface area contributed by atoms with Gasteiger partial charge < -0.3 is 24.3 Å². The Labute approximate surface area is 206 Å². The fourth-order valence-electron chi connectivity index (χ4n) is 3.83. The number of imidazole rings is 1. The molecule has 1 N–H and O–H groups in total. The lowest BCUT2D eigenvalue weighted by molar-refractivity contribution is 0.327. The van der Waals surface area contributed by atoms with Crippen LogP contribution in [0.25, 0.3) is 26.5 Å². The van der Waals surface area contributed by atoms with Crippen molar-refractivity contribution in [1.82, 2.24) is 14.5 Å². The molecular formula is C26H24N4O4S. The van der Waals surface area contributed by atoms with Gasteiger partial charge in [-0.25, -0.2) is 9.97 Å². The molecule has 5 aromatic rings. The van der Waals surface area contributed by atoms with Crippen molar-refractivity contribution in [2.75, 3.05) is 33.8 Å². The van der Waals surface area contributed by atoms with E-state index in [0.717, 1.165) is 43.7 Å². The first-order valence-corrected chi connectivity index (χ1v) is 11.6. The van der Waals surface area contributed by atoms with Gasteiger partial charge in [-0.3, -0.25) is 4.57 Å². The fraction of sp³-hybridized carbons (Fsp3) is 0.154. The van der Waals surface area contributed by atoms with Crippen molar-refractivity contribution in [2.24, 2.45) is 0 Å². The smallest absolute Gasteiger partial charge is 0.204 e. The SMILES string of the molecule is COc1ccc(Nc2cncn2-c2ccc(-c3nc4cc(OC)c(OC)c(OC)c4s3)cc2)cc1. The van der Waals surface area contributed by atoms with Crippen molar-refractivity contribution in [3.63, 3.8) is 0 Å². The highest BCUT2D eigenvalue weighted by Gasteiger charge is 2.20. The molecule has 178 valence electrons. The fourth-order valence-corrected chi connectivity index (χ4v) is 4.90. The largest absolute Gasteiger partial charge is 0.497 e. The number of nitrogens with one attached hydrogen (secondary N) is 1. The first kappa shape index (κ1) is 22.5. The molecular weight excluding hydrogens is 464 g/mol. The van der Waals surface area contributed by atoms with E-state index in [2.05, 4.69) is 10.3 Å². The molecule has 0 aliphatic carbocycles. The number of anilines is 2. The van der Waals surface area contributed by atoms with Gasteiger partial charge in [-0.15, -0.1) is 11.3 Å². The summed E-state index contributed by atoms with van der Waals surface area (Å²) in [6, 6.07) is 17.8. The Morgan fingerprint density at radius 2 is 1.57 bits per heavy atom. The highest BCUT2D eigenvalue weighted by Crippen LogP contribution is 2.46. The van der Waals surface area contributed by atoms with Crippen LogP contribution < -0.4 is 24.3 Å². The number of methoxy groups -OCH3 is 4. The zero-order valence-electron chi connectivity index (χ0n) is 19.7. The van der Waals surface area contributed by atoms with Crippen molar-refractivity contribution in [2.45, 2.75) is 0 Å². The molecule has 0 saturated heterocycles. The third-order valence-corrected chi connectivity index (χ3v) is 6.70. The van der Waals surface area contributed by atoms with Crippen LogP contribution in [0.3, 0.4) is 0 Å². The molecule has 0 fully saturated rings. The van der Waals surface area contributed by atoms with Crippen LogP contribution >= 0.6 is 11.3 Å². The van der Waals surface area contributed by atoms with E-state index in [9.17, 15) is 0 Å². The van der Waals surface area contributed by atoms with Gasteiger partial charge in [0.2, 0.25) is 5.75 Å². The summed E-state index contributed by atoms with van der Waals surface area (Å²) in [4.78, 5) is 9.13. The predicted octanol–water partition coefficient (Wildman–Crippen LogP) is 5.93. The van der Waals surface area contributed by atoms with Gasteiger partial charge >= 0.3 is 0 Å². The Morgan fingerprint density at radius 1 is 0.829 bits per heavy atom. The number of hydrogen-bond acceptors (Lipinski definition) is 8. The van der Waals surface area contributed by atoms with Crippen LogP contribution in [0, 0.1) is 0 Å². The zero-order valence-corrected chi connectivity index (χ0v) is 20.6. The predicted molar refractivity (Wildman–Crippen MR) is 138 cm³/mol. The number of nitrogens with zero attached hydrogens (tertiary/aromatic N) is 3. The van der Waals surface area contributed by atoms with Crippen LogP contribution in [-0.2, 0) is 0 Å². The quantitative estimate of drug-likeness (QED) is 0.290. The molecule has 2 aromatic heterocycles. The summed E-state index contributed by atoms with van der Waals surface area (Å²) in [5, 5.41) is 4.27. The second kappa shape index (κ2) is 9.55. The minimum absolute atomic E-state index is 0.560. The average Bonchev–Trinajstić information content (AvgIpc) is 3.55. The van der Waals surface area contributed by atoms with Crippen molar-refractivity contribution < 1.29 is 18.9 Å². The summed E-state index contributed by atoms with van der Waals surface area (Å²) >= 11 is 1.55. The Hall–Kier alpha value is -4.24. The maximum Gasteiger partial charge on any atom is 0.204 e. The summed E-state index contributed by atoms with van der Waals surface area (Å²) in [6.07, 6.45) is 3.57. The Balaban J connectivity index is 1.44. The number of benzene rings is 3. The molecule has 0 atom stereocenters. The number of ether oxygens (including phenoxy) is 4. The van der Waals surface area contributed by atoms with E-state index in [1.807, 2.05) is 59.2 Å². The third-order valence-electron chi connectivity index (χ3n) is 5.58. The van der Waals surface area contributed by atoms with Crippen molar-refractivity contribution in [3.05, 3.63) is 67.1 Å². The second-order valence-corrected chi connectivity index (χ2v) is 8.56. The van der Waals surface area contributed by atoms with Crippen LogP contribution in [0.2, 0.25) is 0 Å². The molecule has 0 bridgehead atoms. The molecule has 0 amide bonds. The van der Waals surface area contributed by atoms with Gasteiger partial charge in [-0.2, -0.15) is 0 Å². The summed E-state index contributed by atoms with van der Waals surface area (Å²) in [5.41, 5.74) is 3.71. The van der Waals surface area contributed by atoms with Gasteiger partial charge in [-0.1, -0.05) is 0 Å². The average molecular weight is 489 g/mol. The number of thiazole rings is 1. The van der Waals surface area contributed by atoms with Gasteiger partial charge in [0.05, 0.1) is 40.2 Å². The third kappa shape index (κ3) is 4.22. The number of aromatic nitrogens is 3. The van der Waals surface area contributed by atoms with E-state index in [0.29, 0.717) is 17.2 Å². The molecule has 3 aromatic carbocycles. The summed E-state index contributed by atoms with van der Waals surface area (Å²) in [6.45, 7) is 0. The summed E-state index contributed by atoms with van der Waals surface area (Å²) < 4.78 is 24.7. The van der Waals surface area contributed by atoms with E-state index in [1.54, 1.807) is 52.3 Å². The standard InChI is InChI=1S/C26H24N4O4S/c1-31-19-11-7-17(8-12-19)28-22-14-27-15-30(22)18-9-5-16(6-10-18)26-29-20-13-21(32-2)23(33-3)24(34-4)25(20)35-26/h5-15,28H,1-4H3. The Bertz CT molecular complexity index is 1460. The number of hydrogen-bond donors (Lipinski definition) is 1. The lowest BCUT2D eigenvalue weighted by Gasteiger charge is -2.11. The maximum absolute atomic E-state index is 5.63. The van der Waals surface area contributed by atoms with Crippen LogP contribution in [0.4, 0.5) is 11.5 Å². The molecule has 0 unspecified atom stereocenters. The Morgan fingerprint density at radius 3 is 2.23 bits per heavy atom. The zero-order chi connectivity index (χ0) is 24.4. The van der Waals surface area contributed by atoms with Crippen LogP contribution in [0.15, 0.2) is 67.1 Å². The number of fused-ring (bicyclic) bond motifs is 1. The van der Waals surface area contributed by atoms with Crippen molar-refractivity contribution in [3.8, 4) is 39.3 Å². The lowest BCUT2D eigenvalue weighted by atomic mass is 10.2. The number of rotatable bonds is 8. The molecule has 0 radical (unpaired) electrons. The minimum Gasteiger partial charge on any atom is -0.497 e. The molecule has 2 heterocycles. The molecule has 8 nitrogen and oxygen atoms in total. The monoisotopic (exact) mass is 488 g/mol. The molecule has 5 rings (SSSR count). The van der Waals surface area contributed by atoms with Gasteiger partial charge in [0.15, 0.2) is 11.5 Å². The maximum atomic E-state index is 5.63. The lowest BCUT2D eigenvalue weighted by Crippen LogP contribution is -1.99. The summed E-state index contributed by atoms with van der Waals surface area (Å²) in [7, 11) is 6.47. The van der Waals surface area contributed by atoms with Crippen LogP contribution in [-0.4, -0.2) is 43.0 Å². The molecule has 0 saturated carbocycles. The second-order valence-electron chi connectivity index (χ2n) is 7.56. The summed E-state index contributed by atoms with van der Waals surface area (Å²) in [5.74, 6) is 3.43. The molecule has 35 heavy (non-hydrogen) atoms. The van der Waals surface area contributed by atoms with Crippen LogP contribution in [0.5, 0.6) is 23.0 Å². The first-order valence-electron chi connectivity index (χ1n) is 10.8. The van der Waals surface area contributed by atoms with Crippen molar-refractivity contribution in [1.29, 1.82) is 0 Å². The minimum atomic E-state index is 0.560.